The highest BCUT2D eigenvalue weighted by Crippen LogP contribution is 2.36. The highest BCUT2D eigenvalue weighted by atomic mass is 79.9. The molecule has 4 aromatic rings. The van der Waals surface area contributed by atoms with Gasteiger partial charge < -0.3 is 18.9 Å². The lowest BCUT2D eigenvalue weighted by Gasteiger charge is -2.25. The number of ether oxygens (including phenoxy) is 4. The summed E-state index contributed by atoms with van der Waals surface area (Å²) >= 11 is 10.9. The standard InChI is InChI=1S/C36H34BrClN2O6S/c1-6-9-25-16-23(17-29(44-7-2)33(25)46-20-22-10-13-26(38)14-11-22)18-30-34(41)40-32(24-12-15-28(43-5)27(37)19-24)31(35(42)45-8-3)21(4)39-36(40)47-30/h6,10-19,32H,1,7-9,20H2,2-5H3/b30-18+/t32-/m1/s1. The maximum Gasteiger partial charge on any atom is 0.338 e. The van der Waals surface area contributed by atoms with Crippen LogP contribution in [-0.2, 0) is 22.6 Å². The molecule has 1 aromatic heterocycles. The molecule has 3 aromatic carbocycles. The number of carbonyl (C=O) groups excluding carboxylic acids is 1. The zero-order chi connectivity index (χ0) is 33.7. The van der Waals surface area contributed by atoms with Crippen molar-refractivity contribution in [2.75, 3.05) is 20.3 Å². The summed E-state index contributed by atoms with van der Waals surface area (Å²) in [4.78, 5) is 32.6. The number of carbonyl (C=O) groups is 1. The predicted molar refractivity (Wildman–Crippen MR) is 188 cm³/mol. The Kier molecular flexibility index (Phi) is 11.1. The Labute approximate surface area is 290 Å². The van der Waals surface area contributed by atoms with E-state index < -0.39 is 12.0 Å². The van der Waals surface area contributed by atoms with Crippen molar-refractivity contribution in [3.8, 4) is 17.2 Å². The molecule has 0 radical (unpaired) electrons. The third-order valence-electron chi connectivity index (χ3n) is 7.42. The van der Waals surface area contributed by atoms with Crippen molar-refractivity contribution in [3.63, 3.8) is 0 Å². The van der Waals surface area contributed by atoms with Crippen LogP contribution in [-0.4, -0.2) is 30.9 Å². The molecule has 47 heavy (non-hydrogen) atoms. The van der Waals surface area contributed by atoms with Crippen LogP contribution in [0.4, 0.5) is 0 Å². The monoisotopic (exact) mass is 736 g/mol. The fourth-order valence-corrected chi connectivity index (χ4v) is 7.08. The van der Waals surface area contributed by atoms with Gasteiger partial charge in [0.2, 0.25) is 0 Å². The zero-order valence-corrected chi connectivity index (χ0v) is 29.6. The van der Waals surface area contributed by atoms with Gasteiger partial charge in [0.05, 0.1) is 46.6 Å². The first-order valence-electron chi connectivity index (χ1n) is 15.0. The van der Waals surface area contributed by atoms with Crippen LogP contribution in [0.15, 0.2) is 92.8 Å². The molecule has 0 saturated carbocycles. The Bertz CT molecular complexity index is 2030. The fraction of sp³-hybridized carbons (Fsp3) is 0.250. The molecule has 0 amide bonds. The molecule has 0 aliphatic carbocycles. The molecule has 1 aliphatic rings. The highest BCUT2D eigenvalue weighted by Gasteiger charge is 2.33. The summed E-state index contributed by atoms with van der Waals surface area (Å²) in [5, 5.41) is 0.654. The molecular formula is C36H34BrClN2O6S. The molecule has 0 bridgehead atoms. The van der Waals surface area contributed by atoms with Gasteiger partial charge in [-0.2, -0.15) is 0 Å². The van der Waals surface area contributed by atoms with E-state index in [4.69, 9.17) is 30.5 Å². The van der Waals surface area contributed by atoms with Gasteiger partial charge in [0.1, 0.15) is 12.4 Å². The number of allylic oxidation sites excluding steroid dienone is 2. The maximum absolute atomic E-state index is 14.2. The second-order valence-corrected chi connectivity index (χ2v) is 12.8. The van der Waals surface area contributed by atoms with Gasteiger partial charge in [0.15, 0.2) is 16.3 Å². The van der Waals surface area contributed by atoms with E-state index in [1.165, 1.54) is 11.3 Å². The van der Waals surface area contributed by atoms with E-state index in [9.17, 15) is 9.59 Å². The number of hydrogen-bond acceptors (Lipinski definition) is 8. The molecule has 11 heteroatoms. The topological polar surface area (TPSA) is 88.4 Å². The van der Waals surface area contributed by atoms with Crippen molar-refractivity contribution >= 4 is 50.9 Å². The molecule has 0 saturated heterocycles. The summed E-state index contributed by atoms with van der Waals surface area (Å²) in [7, 11) is 1.58. The Hall–Kier alpha value is -4.12. The first kappa shape index (κ1) is 34.2. The van der Waals surface area contributed by atoms with E-state index in [1.807, 2.05) is 61.5 Å². The Morgan fingerprint density at radius 3 is 2.51 bits per heavy atom. The van der Waals surface area contributed by atoms with Gasteiger partial charge in [-0.15, -0.1) is 6.58 Å². The summed E-state index contributed by atoms with van der Waals surface area (Å²) < 4.78 is 25.8. The molecule has 244 valence electrons. The van der Waals surface area contributed by atoms with Crippen LogP contribution < -0.4 is 29.1 Å². The van der Waals surface area contributed by atoms with Gasteiger partial charge in [-0.25, -0.2) is 9.79 Å². The van der Waals surface area contributed by atoms with Gasteiger partial charge in [-0.05, 0) is 102 Å². The van der Waals surface area contributed by atoms with Crippen LogP contribution in [0.2, 0.25) is 5.02 Å². The minimum atomic E-state index is -0.756. The number of aromatic nitrogens is 1. The van der Waals surface area contributed by atoms with Gasteiger partial charge in [0, 0.05) is 10.6 Å². The average molecular weight is 738 g/mol. The Balaban J connectivity index is 1.63. The number of hydrogen-bond donors (Lipinski definition) is 0. The molecule has 0 fully saturated rings. The van der Waals surface area contributed by atoms with Crippen LogP contribution in [0.1, 0.15) is 49.1 Å². The Morgan fingerprint density at radius 2 is 1.85 bits per heavy atom. The third-order valence-corrected chi connectivity index (χ3v) is 9.28. The fourth-order valence-electron chi connectivity index (χ4n) is 5.35. The quantitative estimate of drug-likeness (QED) is 0.116. The van der Waals surface area contributed by atoms with Gasteiger partial charge in [-0.3, -0.25) is 9.36 Å². The average Bonchev–Trinajstić information content (AvgIpc) is 3.34. The highest BCUT2D eigenvalue weighted by molar-refractivity contribution is 9.10. The predicted octanol–water partition coefficient (Wildman–Crippen LogP) is 6.93. The van der Waals surface area contributed by atoms with Crippen LogP contribution in [0.3, 0.4) is 0 Å². The molecule has 8 nitrogen and oxygen atoms in total. The van der Waals surface area contributed by atoms with Gasteiger partial charge in [0.25, 0.3) is 5.56 Å². The summed E-state index contributed by atoms with van der Waals surface area (Å²) in [6, 6.07) is 16.0. The van der Waals surface area contributed by atoms with Crippen molar-refractivity contribution < 1.29 is 23.7 Å². The molecule has 0 spiro atoms. The first-order valence-corrected chi connectivity index (χ1v) is 17.0. The van der Waals surface area contributed by atoms with E-state index in [0.717, 1.165) is 16.7 Å². The Morgan fingerprint density at radius 1 is 1.09 bits per heavy atom. The lowest BCUT2D eigenvalue weighted by atomic mass is 9.96. The summed E-state index contributed by atoms with van der Waals surface area (Å²) in [6.45, 7) is 10.3. The first-order chi connectivity index (χ1) is 22.7. The number of rotatable bonds is 12. The second-order valence-electron chi connectivity index (χ2n) is 10.5. The van der Waals surface area contributed by atoms with Gasteiger partial charge >= 0.3 is 5.97 Å². The largest absolute Gasteiger partial charge is 0.496 e. The van der Waals surface area contributed by atoms with Crippen molar-refractivity contribution in [3.05, 3.63) is 130 Å². The second kappa shape index (κ2) is 15.2. The number of benzene rings is 3. The van der Waals surface area contributed by atoms with Crippen molar-refractivity contribution in [2.24, 2.45) is 4.99 Å². The van der Waals surface area contributed by atoms with E-state index >= 15 is 0 Å². The molecular weight excluding hydrogens is 704 g/mol. The van der Waals surface area contributed by atoms with Crippen molar-refractivity contribution in [1.82, 2.24) is 4.57 Å². The van der Waals surface area contributed by atoms with Crippen LogP contribution >= 0.6 is 38.9 Å². The number of thiazole rings is 1. The SMILES string of the molecule is C=CCc1cc(/C=c2/sc3n(c2=O)[C@H](c2ccc(OC)c(Br)c2)C(C(=O)OCC)=C(C)N=3)cc(OCC)c1OCc1ccc(Cl)cc1. The number of fused-ring (bicyclic) bond motifs is 1. The summed E-state index contributed by atoms with van der Waals surface area (Å²) in [5.74, 6) is 1.27. The minimum absolute atomic E-state index is 0.188. The van der Waals surface area contributed by atoms with Crippen LogP contribution in [0.25, 0.3) is 6.08 Å². The lowest BCUT2D eigenvalue weighted by Crippen LogP contribution is -2.40. The minimum Gasteiger partial charge on any atom is -0.496 e. The summed E-state index contributed by atoms with van der Waals surface area (Å²) in [5.41, 5.74) is 3.78. The molecule has 1 aliphatic heterocycles. The zero-order valence-electron chi connectivity index (χ0n) is 26.5. The maximum atomic E-state index is 14.2. The molecule has 1 atom stereocenters. The van der Waals surface area contributed by atoms with Crippen LogP contribution in [0, 0.1) is 0 Å². The molecule has 5 rings (SSSR count). The van der Waals surface area contributed by atoms with Crippen LogP contribution in [0.5, 0.6) is 17.2 Å². The normalized spacial score (nSPS) is 14.3. The van der Waals surface area contributed by atoms with E-state index in [-0.39, 0.29) is 12.2 Å². The van der Waals surface area contributed by atoms with E-state index in [0.29, 0.717) is 72.5 Å². The van der Waals surface area contributed by atoms with E-state index in [2.05, 4.69) is 27.5 Å². The number of nitrogens with zero attached hydrogens (tertiary/aromatic N) is 2. The molecule has 0 unspecified atom stereocenters. The number of halogens is 2. The lowest BCUT2D eigenvalue weighted by molar-refractivity contribution is -0.139. The number of esters is 1. The van der Waals surface area contributed by atoms with Gasteiger partial charge in [-0.1, -0.05) is 47.2 Å². The third kappa shape index (κ3) is 7.40. The molecule has 0 N–H and O–H groups in total. The summed E-state index contributed by atoms with van der Waals surface area (Å²) in [6.07, 6.45) is 4.13. The van der Waals surface area contributed by atoms with Crippen molar-refractivity contribution in [1.29, 1.82) is 0 Å². The molecule has 2 heterocycles. The smallest absolute Gasteiger partial charge is 0.338 e. The number of methoxy groups -OCH3 is 1. The van der Waals surface area contributed by atoms with Crippen molar-refractivity contribution in [2.45, 2.75) is 39.8 Å². The van der Waals surface area contributed by atoms with E-state index in [1.54, 1.807) is 37.7 Å².